The van der Waals surface area contributed by atoms with E-state index in [1.54, 1.807) is 12.1 Å². The van der Waals surface area contributed by atoms with Gasteiger partial charge in [-0.05, 0) is 55.7 Å². The molecule has 1 aromatic carbocycles. The third kappa shape index (κ3) is 3.43. The van der Waals surface area contributed by atoms with Crippen molar-refractivity contribution in [1.29, 1.82) is 0 Å². The Kier molecular flexibility index (Phi) is 5.09. The van der Waals surface area contributed by atoms with E-state index in [0.717, 1.165) is 45.3 Å². The van der Waals surface area contributed by atoms with Crippen LogP contribution in [0.3, 0.4) is 0 Å². The van der Waals surface area contributed by atoms with E-state index in [1.807, 2.05) is 0 Å². The van der Waals surface area contributed by atoms with E-state index in [9.17, 15) is 14.7 Å². The third-order valence-electron chi connectivity index (χ3n) is 7.61. The molecule has 1 amide bonds. The van der Waals surface area contributed by atoms with E-state index in [2.05, 4.69) is 9.80 Å². The second-order valence-corrected chi connectivity index (χ2v) is 9.26. The monoisotopic (exact) mass is 414 g/mol. The molecule has 7 nitrogen and oxygen atoms in total. The molecule has 4 aliphatic heterocycles. The van der Waals surface area contributed by atoms with Crippen LogP contribution in [0.4, 0.5) is 0 Å². The van der Waals surface area contributed by atoms with Crippen molar-refractivity contribution in [2.24, 2.45) is 11.8 Å². The number of aromatic hydroxyl groups is 1. The lowest BCUT2D eigenvalue weighted by molar-refractivity contribution is -0.150. The normalized spacial score (nSPS) is 33.4. The number of phenols is 1. The first-order valence-electron chi connectivity index (χ1n) is 11.1. The van der Waals surface area contributed by atoms with E-state index in [4.69, 9.17) is 9.47 Å². The number of amides is 1. The number of rotatable bonds is 3. The molecule has 0 aliphatic carbocycles. The molecule has 4 aliphatic rings. The molecule has 4 heterocycles. The molecule has 0 aromatic heterocycles. The van der Waals surface area contributed by atoms with Crippen LogP contribution >= 0.6 is 0 Å². The van der Waals surface area contributed by atoms with Gasteiger partial charge in [-0.15, -0.1) is 0 Å². The van der Waals surface area contributed by atoms with E-state index in [-0.39, 0.29) is 11.9 Å². The van der Waals surface area contributed by atoms with Gasteiger partial charge in [-0.25, -0.2) is 4.79 Å². The van der Waals surface area contributed by atoms with Crippen LogP contribution in [0.2, 0.25) is 0 Å². The summed E-state index contributed by atoms with van der Waals surface area (Å²) in [7, 11) is 1.47. The van der Waals surface area contributed by atoms with E-state index < -0.39 is 5.97 Å². The summed E-state index contributed by atoms with van der Waals surface area (Å²) in [6, 6.07) is 5.38. The van der Waals surface area contributed by atoms with Gasteiger partial charge in [0.25, 0.3) is 0 Å². The average molecular weight is 415 g/mol. The Morgan fingerprint density at radius 1 is 1.13 bits per heavy atom. The highest BCUT2D eigenvalue weighted by Crippen LogP contribution is 2.43. The molecule has 5 unspecified atom stereocenters. The molecule has 7 heteroatoms. The topological polar surface area (TPSA) is 79.3 Å². The second kappa shape index (κ2) is 7.76. The fourth-order valence-electron chi connectivity index (χ4n) is 6.20. The molecule has 1 N–H and O–H groups in total. The number of piperidine rings is 4. The van der Waals surface area contributed by atoms with Gasteiger partial charge in [-0.3, -0.25) is 9.69 Å². The van der Waals surface area contributed by atoms with Gasteiger partial charge < -0.3 is 19.5 Å². The number of ether oxygens (including phenoxy) is 2. The highest BCUT2D eigenvalue weighted by Gasteiger charge is 2.49. The molecule has 2 bridgehead atoms. The first-order chi connectivity index (χ1) is 14.5. The SMILES string of the molecule is COc1ccc(C(=O)OC2CCN3CC4CC(CN5C(=O)CCCC45)C3C2)cc1O. The number of carbonyl (C=O) groups is 2. The van der Waals surface area contributed by atoms with Gasteiger partial charge in [0.1, 0.15) is 6.10 Å². The van der Waals surface area contributed by atoms with Crippen molar-refractivity contribution in [3.8, 4) is 11.5 Å². The average Bonchev–Trinajstić information content (AvgIpc) is 2.75. The van der Waals surface area contributed by atoms with E-state index in [1.165, 1.54) is 19.6 Å². The van der Waals surface area contributed by atoms with Crippen molar-refractivity contribution in [3.05, 3.63) is 23.8 Å². The molecule has 30 heavy (non-hydrogen) atoms. The first-order valence-corrected chi connectivity index (χ1v) is 11.1. The minimum Gasteiger partial charge on any atom is -0.504 e. The van der Waals surface area contributed by atoms with E-state index in [0.29, 0.717) is 47.6 Å². The van der Waals surface area contributed by atoms with Crippen LogP contribution in [-0.4, -0.2) is 71.7 Å². The number of esters is 1. The van der Waals surface area contributed by atoms with Gasteiger partial charge in [0.15, 0.2) is 11.5 Å². The van der Waals surface area contributed by atoms with Gasteiger partial charge in [0.05, 0.1) is 12.7 Å². The maximum atomic E-state index is 12.6. The number of methoxy groups -OCH3 is 1. The summed E-state index contributed by atoms with van der Waals surface area (Å²) in [5.74, 6) is 1.24. The predicted octanol–water partition coefficient (Wildman–Crippen LogP) is 2.42. The maximum Gasteiger partial charge on any atom is 0.338 e. The number of fused-ring (bicyclic) bond motifs is 6. The van der Waals surface area contributed by atoms with Crippen molar-refractivity contribution >= 4 is 11.9 Å². The van der Waals surface area contributed by atoms with Crippen LogP contribution in [0.1, 0.15) is 48.9 Å². The number of nitrogens with zero attached hydrogens (tertiary/aromatic N) is 2. The van der Waals surface area contributed by atoms with Crippen LogP contribution in [0.5, 0.6) is 11.5 Å². The Morgan fingerprint density at radius 3 is 2.77 bits per heavy atom. The number of carbonyl (C=O) groups excluding carboxylic acids is 2. The summed E-state index contributed by atoms with van der Waals surface area (Å²) in [6.07, 6.45) is 5.58. The standard InChI is InChI=1S/C23H30N2O5/c1-29-21-6-5-14(10-20(21)26)23(28)30-17-7-8-24-12-15-9-16(19(24)11-17)13-25-18(15)3-2-4-22(25)27/h5-6,10,15-19,26H,2-4,7-9,11-13H2,1H3. The number of hydrogen-bond acceptors (Lipinski definition) is 6. The zero-order valence-corrected chi connectivity index (χ0v) is 17.5. The smallest absolute Gasteiger partial charge is 0.338 e. The second-order valence-electron chi connectivity index (χ2n) is 9.26. The first kappa shape index (κ1) is 19.7. The lowest BCUT2D eigenvalue weighted by Gasteiger charge is -2.57. The van der Waals surface area contributed by atoms with Crippen LogP contribution < -0.4 is 4.74 Å². The highest BCUT2D eigenvalue weighted by molar-refractivity contribution is 5.90. The van der Waals surface area contributed by atoms with Crippen molar-refractivity contribution in [2.75, 3.05) is 26.7 Å². The highest BCUT2D eigenvalue weighted by atomic mass is 16.5. The Hall–Kier alpha value is -2.28. The zero-order chi connectivity index (χ0) is 20.8. The molecule has 162 valence electrons. The summed E-state index contributed by atoms with van der Waals surface area (Å²) in [5, 5.41) is 9.94. The Labute approximate surface area is 176 Å². The van der Waals surface area contributed by atoms with Gasteiger partial charge >= 0.3 is 5.97 Å². The van der Waals surface area contributed by atoms with Crippen LogP contribution in [0.15, 0.2) is 18.2 Å². The van der Waals surface area contributed by atoms with Crippen molar-refractivity contribution in [2.45, 2.75) is 56.7 Å². The molecule has 4 saturated heterocycles. The lowest BCUT2D eigenvalue weighted by Crippen LogP contribution is -2.65. The summed E-state index contributed by atoms with van der Waals surface area (Å²) in [4.78, 5) is 29.8. The molecule has 1 aromatic rings. The van der Waals surface area contributed by atoms with Gasteiger partial charge in [-0.2, -0.15) is 0 Å². The largest absolute Gasteiger partial charge is 0.504 e. The fraction of sp³-hybridized carbons (Fsp3) is 0.652. The third-order valence-corrected chi connectivity index (χ3v) is 7.61. The molecular formula is C23H30N2O5. The Balaban J connectivity index is 1.25. The molecule has 0 saturated carbocycles. The maximum absolute atomic E-state index is 12.6. The van der Waals surface area contributed by atoms with Crippen molar-refractivity contribution in [1.82, 2.24) is 9.80 Å². The quantitative estimate of drug-likeness (QED) is 0.766. The number of phenolic OH excluding ortho intramolecular Hbond substituents is 1. The van der Waals surface area contributed by atoms with Crippen LogP contribution in [-0.2, 0) is 9.53 Å². The molecule has 5 rings (SSSR count). The lowest BCUT2D eigenvalue weighted by atomic mass is 9.70. The number of benzene rings is 1. The van der Waals surface area contributed by atoms with Crippen molar-refractivity contribution in [3.63, 3.8) is 0 Å². The summed E-state index contributed by atoms with van der Waals surface area (Å²) < 4.78 is 10.9. The van der Waals surface area contributed by atoms with Gasteiger partial charge in [0.2, 0.25) is 5.91 Å². The predicted molar refractivity (Wildman–Crippen MR) is 109 cm³/mol. The fourth-order valence-corrected chi connectivity index (χ4v) is 6.20. The minimum atomic E-state index is -0.407. The Bertz CT molecular complexity index is 843. The summed E-state index contributed by atoms with van der Waals surface area (Å²) in [5.41, 5.74) is 0.332. The summed E-state index contributed by atoms with van der Waals surface area (Å²) in [6.45, 7) is 2.85. The van der Waals surface area contributed by atoms with Gasteiger partial charge in [0, 0.05) is 44.6 Å². The molecule has 0 radical (unpaired) electrons. The summed E-state index contributed by atoms with van der Waals surface area (Å²) >= 11 is 0. The zero-order valence-electron chi connectivity index (χ0n) is 17.5. The van der Waals surface area contributed by atoms with E-state index >= 15 is 0 Å². The molecule has 5 atom stereocenters. The minimum absolute atomic E-state index is 0.0666. The number of hydrogen-bond donors (Lipinski definition) is 1. The molecule has 4 fully saturated rings. The Morgan fingerprint density at radius 2 is 1.97 bits per heavy atom. The van der Waals surface area contributed by atoms with Crippen LogP contribution in [0.25, 0.3) is 0 Å². The molecular weight excluding hydrogens is 384 g/mol. The molecule has 0 spiro atoms. The van der Waals surface area contributed by atoms with Crippen LogP contribution in [0, 0.1) is 11.8 Å². The van der Waals surface area contributed by atoms with Crippen molar-refractivity contribution < 1.29 is 24.2 Å². The van der Waals surface area contributed by atoms with Gasteiger partial charge in [-0.1, -0.05) is 0 Å².